The fourth-order valence-corrected chi connectivity index (χ4v) is 9.07. The number of carboxylic acid groups (broad SMARTS) is 2. The summed E-state index contributed by atoms with van der Waals surface area (Å²) in [4.78, 5) is 126. The van der Waals surface area contributed by atoms with E-state index in [1.165, 1.54) is 23.5 Å². The van der Waals surface area contributed by atoms with Crippen LogP contribution < -0.4 is 48.7 Å². The van der Waals surface area contributed by atoms with Crippen molar-refractivity contribution in [1.29, 1.82) is 0 Å². The lowest BCUT2D eigenvalue weighted by molar-refractivity contribution is -0.144. The lowest BCUT2D eigenvalue weighted by Gasteiger charge is -2.28. The minimum Gasteiger partial charge on any atom is -0.481 e. The zero-order valence-corrected chi connectivity index (χ0v) is 45.4. The molecule has 75 heavy (non-hydrogen) atoms. The first-order valence-corrected chi connectivity index (χ1v) is 28.1. The average Bonchev–Trinajstić information content (AvgIpc) is 3.78. The van der Waals surface area contributed by atoms with Crippen LogP contribution in [0.5, 0.6) is 0 Å². The van der Waals surface area contributed by atoms with Crippen LogP contribution in [0.2, 0.25) is 0 Å². The van der Waals surface area contributed by atoms with Crippen LogP contribution in [0.1, 0.15) is 90.2 Å². The highest BCUT2D eigenvalue weighted by Gasteiger charge is 2.36. The van der Waals surface area contributed by atoms with E-state index in [1.807, 2.05) is 68.4 Å². The summed E-state index contributed by atoms with van der Waals surface area (Å²) in [7, 11) is 0. The number of carboxylic acids is 2. The molecule has 21 nitrogen and oxygen atoms in total. The summed E-state index contributed by atoms with van der Waals surface area (Å²) in [5, 5.41) is 39.0. The monoisotopic (exact) mass is 1080 g/mol. The van der Waals surface area contributed by atoms with Crippen molar-refractivity contribution < 1.29 is 53.4 Å². The highest BCUT2D eigenvalue weighted by Crippen LogP contribution is 2.20. The van der Waals surface area contributed by atoms with Gasteiger partial charge in [0.25, 0.3) is 0 Å². The van der Waals surface area contributed by atoms with Crippen LogP contribution in [0, 0.1) is 11.8 Å². The second-order valence-corrected chi connectivity index (χ2v) is 21.0. The topological polar surface area (TPSA) is 346 Å². The predicted molar refractivity (Wildman–Crippen MR) is 291 cm³/mol. The largest absolute Gasteiger partial charge is 0.481 e. The molecule has 0 fully saturated rings. The molecule has 3 rings (SSSR count). The van der Waals surface area contributed by atoms with Gasteiger partial charge in [-0.25, -0.2) is 4.79 Å². The molecule has 0 radical (unpaired) electrons. The van der Waals surface area contributed by atoms with Crippen molar-refractivity contribution in [3.8, 4) is 0 Å². The van der Waals surface area contributed by atoms with Gasteiger partial charge in [0, 0.05) is 23.5 Å². The van der Waals surface area contributed by atoms with E-state index in [0.29, 0.717) is 42.9 Å². The van der Waals surface area contributed by atoms with Crippen molar-refractivity contribution in [3.63, 3.8) is 0 Å². The quantitative estimate of drug-likeness (QED) is 0.0375. The summed E-state index contributed by atoms with van der Waals surface area (Å²) in [5.41, 5.74) is 14.3. The van der Waals surface area contributed by atoms with Crippen LogP contribution in [0.15, 0.2) is 60.8 Å². The summed E-state index contributed by atoms with van der Waals surface area (Å²) in [5.74, 6) is -8.19. The van der Waals surface area contributed by atoms with Crippen molar-refractivity contribution in [3.05, 3.63) is 71.9 Å². The molecule has 0 aliphatic heterocycles. The van der Waals surface area contributed by atoms with Crippen LogP contribution in [0.4, 0.5) is 0 Å². The third-order valence-corrected chi connectivity index (χ3v) is 13.9. The molecule has 14 N–H and O–H groups in total. The molecule has 2 aromatic carbocycles. The zero-order chi connectivity index (χ0) is 55.6. The van der Waals surface area contributed by atoms with Gasteiger partial charge in [0.15, 0.2) is 0 Å². The Kier molecular flexibility index (Phi) is 27.8. The van der Waals surface area contributed by atoms with Gasteiger partial charge >= 0.3 is 11.9 Å². The molecule has 0 aliphatic carbocycles. The first-order chi connectivity index (χ1) is 35.7. The van der Waals surface area contributed by atoms with Gasteiger partial charge in [-0.1, -0.05) is 82.6 Å². The van der Waals surface area contributed by atoms with E-state index in [0.717, 1.165) is 16.5 Å². The van der Waals surface area contributed by atoms with E-state index in [1.54, 1.807) is 32.6 Å². The van der Waals surface area contributed by atoms with Crippen molar-refractivity contribution >= 4 is 87.7 Å². The Morgan fingerprint density at radius 1 is 0.600 bits per heavy atom. The number of amides is 7. The third kappa shape index (κ3) is 21.5. The lowest BCUT2D eigenvalue weighted by Crippen LogP contribution is -2.61. The van der Waals surface area contributed by atoms with Crippen molar-refractivity contribution in [2.75, 3.05) is 30.6 Å². The first-order valence-electron chi connectivity index (χ1n) is 25.3. The number of hydrogen-bond donors (Lipinski definition) is 12. The second kappa shape index (κ2) is 33.0. The molecule has 7 amide bonds. The molecule has 0 aliphatic rings. The number of nitrogens with one attached hydrogen (secondary N) is 8. The maximum Gasteiger partial charge on any atom is 0.326 e. The summed E-state index contributed by atoms with van der Waals surface area (Å²) >= 11 is 2.70. The number of hydrogen-bond acceptors (Lipinski definition) is 13. The number of aliphatic carboxylic acids is 2. The third-order valence-electron chi connectivity index (χ3n) is 12.6. The number of aromatic amines is 1. The number of carbonyl (C=O) groups excluding carboxylic acids is 7. The number of H-pyrrole nitrogens is 1. The normalized spacial score (nSPS) is 14.9. The van der Waals surface area contributed by atoms with Crippen molar-refractivity contribution in [2.45, 2.75) is 140 Å². The van der Waals surface area contributed by atoms with Gasteiger partial charge < -0.3 is 63.9 Å². The molecule has 1 aromatic heterocycles. The summed E-state index contributed by atoms with van der Waals surface area (Å²) in [6.07, 6.45) is 6.27. The minimum absolute atomic E-state index is 0.00283. The van der Waals surface area contributed by atoms with E-state index >= 15 is 0 Å². The number of unbranched alkanes of at least 4 members (excludes halogenated alkanes) is 1. The van der Waals surface area contributed by atoms with E-state index < -0.39 is 114 Å². The Balaban J connectivity index is 1.94. The molecule has 9 atom stereocenters. The van der Waals surface area contributed by atoms with Gasteiger partial charge in [-0.2, -0.15) is 23.5 Å². The van der Waals surface area contributed by atoms with E-state index in [-0.39, 0.29) is 44.4 Å². The summed E-state index contributed by atoms with van der Waals surface area (Å²) in [6.45, 7) is 7.46. The molecular formula is C52H78N10O11S2. The highest BCUT2D eigenvalue weighted by atomic mass is 32.2. The number of benzene rings is 2. The first kappa shape index (κ1) is 63.1. The molecule has 0 spiro atoms. The Morgan fingerprint density at radius 2 is 1.09 bits per heavy atom. The average molecular weight is 1080 g/mol. The molecule has 0 unspecified atom stereocenters. The van der Waals surface area contributed by atoms with Gasteiger partial charge in [-0.15, -0.1) is 0 Å². The maximum absolute atomic E-state index is 14.6. The smallest absolute Gasteiger partial charge is 0.326 e. The Hall–Kier alpha value is -6.17. The van der Waals surface area contributed by atoms with Gasteiger partial charge in [0.05, 0.1) is 12.5 Å². The molecule has 414 valence electrons. The summed E-state index contributed by atoms with van der Waals surface area (Å²) in [6, 6.07) is 6.14. The molecule has 0 bridgehead atoms. The zero-order valence-electron chi connectivity index (χ0n) is 43.8. The van der Waals surface area contributed by atoms with Crippen LogP contribution in [-0.4, -0.2) is 147 Å². The van der Waals surface area contributed by atoms with Gasteiger partial charge in [-0.05, 0) is 105 Å². The Morgan fingerprint density at radius 3 is 1.65 bits per heavy atom. The number of carbonyl (C=O) groups is 9. The van der Waals surface area contributed by atoms with Crippen LogP contribution in [-0.2, 0) is 56.0 Å². The predicted octanol–water partition coefficient (Wildman–Crippen LogP) is 1.96. The molecule has 1 heterocycles. The number of aromatic nitrogens is 1. The van der Waals surface area contributed by atoms with Crippen molar-refractivity contribution in [1.82, 2.24) is 42.2 Å². The summed E-state index contributed by atoms with van der Waals surface area (Å²) < 4.78 is 0. The fourth-order valence-electron chi connectivity index (χ4n) is 8.13. The van der Waals surface area contributed by atoms with E-state index in [4.69, 9.17) is 11.5 Å². The van der Waals surface area contributed by atoms with Crippen LogP contribution in [0.25, 0.3) is 10.9 Å². The molecule has 23 heteroatoms. The SMILES string of the molecule is CC[C@H](C)[C@H](NC(=O)[C@H](CCSC)NC(=O)[C@H](CC(=O)O)NC(=O)[C@H](CCSC)NC(=O)[C@H](Cc1c[nH]c2ccccc12)NC(=O)[C@H](CC(C)C)NC(=O)[C@H](CCCCN)NC(=O)[C@@H](N)Cc1ccccc1)C(=O)O. The lowest BCUT2D eigenvalue weighted by atomic mass is 9.98. The molecular weight excluding hydrogens is 1000 g/mol. The van der Waals surface area contributed by atoms with Crippen LogP contribution in [0.3, 0.4) is 0 Å². The number of nitrogens with two attached hydrogens (primary N) is 2. The standard InChI is InChI=1S/C52H78N10O11S2/c1-7-31(4)44(52(72)73)62-48(68)39(21-24-75-6)58-51(71)42(28-43(63)64)61-47(67)38(20-23-74-5)57-50(70)41(27-33-29-55-36-18-12-11-17-34(33)36)60-49(69)40(25-30(2)3)59-46(66)37(19-13-14-22-53)56-45(65)35(54)26-32-15-9-8-10-16-32/h8-12,15-18,29-31,35,37-42,44,55H,7,13-14,19-28,53-54H2,1-6H3,(H,56,65)(H,57,70)(H,58,71)(H,59,66)(H,60,69)(H,61,67)(H,62,68)(H,63,64)(H,72,73)/t31-,35-,37-,38-,39-,40-,41-,42-,44-/m0/s1. The number of rotatable bonds is 35. The fraction of sp³-hybridized carbons (Fsp3) is 0.558. The van der Waals surface area contributed by atoms with E-state index in [2.05, 4.69) is 42.2 Å². The van der Waals surface area contributed by atoms with Crippen molar-refractivity contribution in [2.24, 2.45) is 23.3 Å². The van der Waals surface area contributed by atoms with Gasteiger partial charge in [0.1, 0.15) is 42.3 Å². The van der Waals surface area contributed by atoms with Gasteiger partial charge in [0.2, 0.25) is 41.4 Å². The minimum atomic E-state index is -1.75. The van der Waals surface area contributed by atoms with E-state index in [9.17, 15) is 53.4 Å². The molecule has 0 saturated carbocycles. The number of thioether (sulfide) groups is 2. The molecule has 3 aromatic rings. The van der Waals surface area contributed by atoms with Gasteiger partial charge in [-0.3, -0.25) is 38.4 Å². The number of para-hydroxylation sites is 1. The molecule has 0 saturated heterocycles. The van der Waals surface area contributed by atoms with Crippen LogP contribution >= 0.6 is 23.5 Å². The Labute approximate surface area is 447 Å². The maximum atomic E-state index is 14.6. The number of fused-ring (bicyclic) bond motifs is 1. The Bertz CT molecular complexity index is 2360. The highest BCUT2D eigenvalue weighted by molar-refractivity contribution is 7.98. The second-order valence-electron chi connectivity index (χ2n) is 19.0.